The Morgan fingerprint density at radius 2 is 2.20 bits per heavy atom. The van der Waals surface area contributed by atoms with Gasteiger partial charge in [-0.05, 0) is 25.1 Å². The Labute approximate surface area is 115 Å². The maximum Gasteiger partial charge on any atom is 0.312 e. The largest absolute Gasteiger partial charge is 0.490 e. The highest BCUT2D eigenvalue weighted by molar-refractivity contribution is 5.58. The van der Waals surface area contributed by atoms with E-state index in [1.807, 2.05) is 6.92 Å². The van der Waals surface area contributed by atoms with Crippen LogP contribution in [0, 0.1) is 17.0 Å². The number of ether oxygens (including phenoxy) is 1. The fourth-order valence-corrected chi connectivity index (χ4v) is 1.74. The normalized spacial score (nSPS) is 10.1. The highest BCUT2D eigenvalue weighted by Gasteiger charge is 2.14. The van der Waals surface area contributed by atoms with Crippen LogP contribution in [0.1, 0.15) is 11.5 Å². The van der Waals surface area contributed by atoms with Gasteiger partial charge in [-0.2, -0.15) is 0 Å². The first-order valence-electron chi connectivity index (χ1n) is 5.95. The van der Waals surface area contributed by atoms with Crippen LogP contribution in [0.25, 0.3) is 0 Å². The van der Waals surface area contributed by atoms with Crippen molar-refractivity contribution in [3.8, 4) is 5.75 Å². The average molecular weight is 274 g/mol. The van der Waals surface area contributed by atoms with Gasteiger partial charge in [-0.25, -0.2) is 9.97 Å². The molecule has 0 saturated heterocycles. The lowest BCUT2D eigenvalue weighted by Gasteiger charge is -2.08. The van der Waals surface area contributed by atoms with Gasteiger partial charge in [0.1, 0.15) is 5.82 Å². The Morgan fingerprint density at radius 3 is 2.85 bits per heavy atom. The van der Waals surface area contributed by atoms with E-state index in [9.17, 15) is 10.1 Å². The van der Waals surface area contributed by atoms with Crippen molar-refractivity contribution < 1.29 is 9.66 Å². The third-order valence-corrected chi connectivity index (χ3v) is 2.68. The van der Waals surface area contributed by atoms with E-state index in [1.54, 1.807) is 24.4 Å². The van der Waals surface area contributed by atoms with Crippen LogP contribution >= 0.6 is 0 Å². The number of rotatable bonds is 5. The quantitative estimate of drug-likeness (QED) is 0.664. The molecule has 20 heavy (non-hydrogen) atoms. The Balaban J connectivity index is 2.14. The first-order valence-corrected chi connectivity index (χ1v) is 5.95. The summed E-state index contributed by atoms with van der Waals surface area (Å²) in [5.41, 5.74) is 1.38. The third-order valence-electron chi connectivity index (χ3n) is 2.68. The molecule has 0 amide bonds. The number of methoxy groups -OCH3 is 1. The van der Waals surface area contributed by atoms with Crippen molar-refractivity contribution in [2.45, 2.75) is 13.5 Å². The van der Waals surface area contributed by atoms with Crippen LogP contribution in [0.5, 0.6) is 5.75 Å². The van der Waals surface area contributed by atoms with Crippen molar-refractivity contribution in [3.63, 3.8) is 0 Å². The molecule has 1 aromatic heterocycles. The minimum absolute atomic E-state index is 0.0728. The van der Waals surface area contributed by atoms with Crippen LogP contribution in [0.15, 0.2) is 30.5 Å². The maximum absolute atomic E-state index is 10.9. The summed E-state index contributed by atoms with van der Waals surface area (Å²) in [5, 5.41) is 14.0. The molecule has 0 bridgehead atoms. The van der Waals surface area contributed by atoms with Gasteiger partial charge in [0.05, 0.1) is 24.3 Å². The summed E-state index contributed by atoms with van der Waals surface area (Å²) in [7, 11) is 1.40. The second-order valence-electron chi connectivity index (χ2n) is 4.09. The molecule has 0 atom stereocenters. The molecule has 1 N–H and O–H groups in total. The van der Waals surface area contributed by atoms with Gasteiger partial charge in [-0.1, -0.05) is 0 Å². The summed E-state index contributed by atoms with van der Waals surface area (Å²) in [6, 6.07) is 6.51. The molecule has 2 aromatic rings. The van der Waals surface area contributed by atoms with E-state index in [2.05, 4.69) is 15.3 Å². The van der Waals surface area contributed by atoms with E-state index < -0.39 is 4.92 Å². The molecule has 7 nitrogen and oxygen atoms in total. The van der Waals surface area contributed by atoms with Crippen LogP contribution in [0.2, 0.25) is 0 Å². The zero-order chi connectivity index (χ0) is 14.5. The van der Waals surface area contributed by atoms with E-state index in [-0.39, 0.29) is 11.4 Å². The summed E-state index contributed by atoms with van der Waals surface area (Å²) in [6.45, 7) is 2.27. The lowest BCUT2D eigenvalue weighted by Crippen LogP contribution is -2.04. The number of aryl methyl sites for hydroxylation is 1. The second kappa shape index (κ2) is 5.96. The minimum atomic E-state index is -0.473. The monoisotopic (exact) mass is 274 g/mol. The van der Waals surface area contributed by atoms with Gasteiger partial charge in [0.25, 0.3) is 0 Å². The van der Waals surface area contributed by atoms with Crippen molar-refractivity contribution in [3.05, 3.63) is 52.1 Å². The summed E-state index contributed by atoms with van der Waals surface area (Å²) >= 11 is 0. The Bertz CT molecular complexity index is 631. The van der Waals surface area contributed by atoms with Gasteiger partial charge in [0.2, 0.25) is 0 Å². The number of hydrogen-bond donors (Lipinski definition) is 1. The van der Waals surface area contributed by atoms with Crippen LogP contribution in [-0.4, -0.2) is 22.0 Å². The van der Waals surface area contributed by atoms with Crippen molar-refractivity contribution in [2.24, 2.45) is 0 Å². The first kappa shape index (κ1) is 13.7. The summed E-state index contributed by atoms with van der Waals surface area (Å²) in [4.78, 5) is 18.7. The molecule has 1 aromatic carbocycles. The Kier molecular flexibility index (Phi) is 4.09. The smallest absolute Gasteiger partial charge is 0.312 e. The number of nitrogens with one attached hydrogen (secondary N) is 1. The zero-order valence-corrected chi connectivity index (χ0v) is 11.2. The fraction of sp³-hybridized carbons (Fsp3) is 0.231. The molecule has 1 heterocycles. The van der Waals surface area contributed by atoms with Gasteiger partial charge in [-0.3, -0.25) is 10.1 Å². The van der Waals surface area contributed by atoms with Crippen molar-refractivity contribution >= 4 is 11.4 Å². The standard InChI is InChI=1S/C13H14N4O3/c1-9-14-6-5-11(16-9)8-15-10-3-4-13(20-2)12(7-10)17(18)19/h3-7,15H,8H2,1-2H3. The second-order valence-corrected chi connectivity index (χ2v) is 4.09. The molecule has 0 radical (unpaired) electrons. The molecule has 2 rings (SSSR count). The molecular weight excluding hydrogens is 260 g/mol. The minimum Gasteiger partial charge on any atom is -0.490 e. The number of anilines is 1. The molecule has 0 unspecified atom stereocenters. The molecule has 0 aliphatic heterocycles. The molecule has 0 fully saturated rings. The molecule has 0 aliphatic rings. The van der Waals surface area contributed by atoms with Crippen LogP contribution < -0.4 is 10.1 Å². The van der Waals surface area contributed by atoms with Gasteiger partial charge < -0.3 is 10.1 Å². The van der Waals surface area contributed by atoms with E-state index in [0.717, 1.165) is 5.69 Å². The lowest BCUT2D eigenvalue weighted by atomic mass is 10.2. The lowest BCUT2D eigenvalue weighted by molar-refractivity contribution is -0.385. The molecule has 0 spiro atoms. The number of aromatic nitrogens is 2. The number of benzene rings is 1. The first-order chi connectivity index (χ1) is 9.60. The predicted molar refractivity (Wildman–Crippen MR) is 73.7 cm³/mol. The molecule has 0 saturated carbocycles. The summed E-state index contributed by atoms with van der Waals surface area (Å²) in [5.74, 6) is 0.920. The number of nitro benzene ring substituents is 1. The van der Waals surface area contributed by atoms with Crippen LogP contribution in [0.3, 0.4) is 0 Å². The van der Waals surface area contributed by atoms with Gasteiger partial charge in [0, 0.05) is 18.0 Å². The van der Waals surface area contributed by atoms with Crippen LogP contribution in [-0.2, 0) is 6.54 Å². The van der Waals surface area contributed by atoms with E-state index in [0.29, 0.717) is 18.1 Å². The van der Waals surface area contributed by atoms with E-state index in [4.69, 9.17) is 4.74 Å². The van der Waals surface area contributed by atoms with Gasteiger partial charge in [-0.15, -0.1) is 0 Å². The highest BCUT2D eigenvalue weighted by Crippen LogP contribution is 2.29. The Morgan fingerprint density at radius 1 is 1.40 bits per heavy atom. The molecular formula is C13H14N4O3. The molecule has 0 aliphatic carbocycles. The number of nitrogens with zero attached hydrogens (tertiary/aromatic N) is 3. The maximum atomic E-state index is 10.9. The topological polar surface area (TPSA) is 90.2 Å². The van der Waals surface area contributed by atoms with Crippen LogP contribution in [0.4, 0.5) is 11.4 Å². The SMILES string of the molecule is COc1ccc(NCc2ccnc(C)n2)cc1[N+](=O)[O-]. The van der Waals surface area contributed by atoms with Crippen molar-refractivity contribution in [2.75, 3.05) is 12.4 Å². The molecule has 104 valence electrons. The zero-order valence-electron chi connectivity index (χ0n) is 11.2. The van der Waals surface area contributed by atoms with Crippen molar-refractivity contribution in [1.82, 2.24) is 9.97 Å². The van der Waals surface area contributed by atoms with Gasteiger partial charge in [0.15, 0.2) is 5.75 Å². The fourth-order valence-electron chi connectivity index (χ4n) is 1.74. The molecule has 7 heteroatoms. The summed E-state index contributed by atoms with van der Waals surface area (Å²) < 4.78 is 4.95. The predicted octanol–water partition coefficient (Wildman–Crippen LogP) is 2.31. The van der Waals surface area contributed by atoms with Crippen molar-refractivity contribution in [1.29, 1.82) is 0 Å². The van der Waals surface area contributed by atoms with E-state index >= 15 is 0 Å². The van der Waals surface area contributed by atoms with E-state index in [1.165, 1.54) is 13.2 Å². The highest BCUT2D eigenvalue weighted by atomic mass is 16.6. The number of hydrogen-bond acceptors (Lipinski definition) is 6. The Hall–Kier alpha value is -2.70. The number of nitro groups is 1. The third kappa shape index (κ3) is 3.19. The van der Waals surface area contributed by atoms with Gasteiger partial charge >= 0.3 is 5.69 Å². The summed E-state index contributed by atoms with van der Waals surface area (Å²) in [6.07, 6.45) is 1.68. The average Bonchev–Trinajstić information content (AvgIpc) is 2.45.